The summed E-state index contributed by atoms with van der Waals surface area (Å²) in [6.45, 7) is 8.96. The molecule has 1 amide bonds. The Morgan fingerprint density at radius 2 is 1.76 bits per heavy atom. The molecule has 2 fully saturated rings. The molecule has 1 saturated carbocycles. The number of hydrogen-bond donors (Lipinski definition) is 1. The van der Waals surface area contributed by atoms with Crippen LogP contribution < -0.4 is 5.32 Å². The topological polar surface area (TPSA) is 94.0 Å². The van der Waals surface area contributed by atoms with E-state index >= 15 is 0 Å². The molecular formula is C38H49F3N6O4. The molecule has 1 aliphatic heterocycles. The summed E-state index contributed by atoms with van der Waals surface area (Å²) in [6, 6.07) is 16.0. The molecule has 4 atom stereocenters. The molecule has 2 aromatic heterocycles. The summed E-state index contributed by atoms with van der Waals surface area (Å²) in [4.78, 5) is 25.2. The molecule has 0 radical (unpaired) electrons. The van der Waals surface area contributed by atoms with E-state index in [-0.39, 0.29) is 37.7 Å². The van der Waals surface area contributed by atoms with Crippen LogP contribution in [0.3, 0.4) is 0 Å². The molecule has 6 rings (SSSR count). The van der Waals surface area contributed by atoms with Crippen LogP contribution in [0.5, 0.6) is 0 Å². The minimum absolute atomic E-state index is 0.142. The van der Waals surface area contributed by atoms with E-state index in [2.05, 4.69) is 33.5 Å². The predicted octanol–water partition coefficient (Wildman–Crippen LogP) is 7.44. The van der Waals surface area contributed by atoms with Gasteiger partial charge in [0.05, 0.1) is 24.1 Å². The summed E-state index contributed by atoms with van der Waals surface area (Å²) < 4.78 is 62.6. The first-order valence-corrected chi connectivity index (χ1v) is 17.7. The number of fused-ring (bicyclic) bond motifs is 3. The number of alkyl halides is 3. The summed E-state index contributed by atoms with van der Waals surface area (Å²) >= 11 is 0. The fraction of sp³-hybridized carbons (Fsp3) is 0.553. The maximum Gasteiger partial charge on any atom is 0.410 e. The fourth-order valence-corrected chi connectivity index (χ4v) is 7.53. The van der Waals surface area contributed by atoms with E-state index < -0.39 is 36.3 Å². The molecular weight excluding hydrogens is 661 g/mol. The van der Waals surface area contributed by atoms with E-state index in [0.717, 1.165) is 27.4 Å². The maximum atomic E-state index is 14.0. The Hall–Kier alpha value is -3.94. The largest absolute Gasteiger partial charge is 0.444 e. The molecule has 13 heteroatoms. The van der Waals surface area contributed by atoms with E-state index in [1.165, 1.54) is 11.2 Å². The molecule has 2 aliphatic rings. The average molecular weight is 711 g/mol. The van der Waals surface area contributed by atoms with E-state index in [4.69, 9.17) is 14.2 Å². The van der Waals surface area contributed by atoms with Crippen molar-refractivity contribution in [1.29, 1.82) is 0 Å². The van der Waals surface area contributed by atoms with Crippen molar-refractivity contribution in [2.24, 2.45) is 5.92 Å². The monoisotopic (exact) mass is 710 g/mol. The van der Waals surface area contributed by atoms with Crippen LogP contribution in [-0.2, 0) is 20.6 Å². The second kappa shape index (κ2) is 14.6. The summed E-state index contributed by atoms with van der Waals surface area (Å²) in [5.74, 6) is -0.418. The van der Waals surface area contributed by atoms with Gasteiger partial charge in [0, 0.05) is 45.3 Å². The summed E-state index contributed by atoms with van der Waals surface area (Å²) in [6.07, 6.45) is -0.719. The zero-order valence-electron chi connectivity index (χ0n) is 30.2. The molecule has 0 unspecified atom stereocenters. The smallest absolute Gasteiger partial charge is 0.410 e. The molecule has 276 valence electrons. The van der Waals surface area contributed by atoms with E-state index in [1.807, 2.05) is 54.9 Å². The predicted molar refractivity (Wildman–Crippen MR) is 191 cm³/mol. The number of halogens is 3. The van der Waals surface area contributed by atoms with Crippen molar-refractivity contribution in [3.05, 3.63) is 66.6 Å². The van der Waals surface area contributed by atoms with Gasteiger partial charge < -0.3 is 29.0 Å². The Balaban J connectivity index is 1.16. The Morgan fingerprint density at radius 1 is 1.02 bits per heavy atom. The highest BCUT2D eigenvalue weighted by Crippen LogP contribution is 2.48. The number of benzene rings is 2. The summed E-state index contributed by atoms with van der Waals surface area (Å²) in [7, 11) is 1.80. The Kier molecular flexibility index (Phi) is 10.5. The standard InChI is InChI=1S/C38H49F3N6O4/c1-36(2,3)51-35(48)46(18-14-25-12-13-26-10-7-8-11-27(26)20-25)17-9-16-45(23-38(39,40)41)22-28-21-30(32-31(28)49-37(4,5)50-32)47-19-15-29-33(42-6)43-24-44-34(29)47/h7-8,10-13,15,19-20,24,28,30-32H,9,14,16-18,21-23H2,1-6H3,(H,42,43,44)/t28-,30-,31-,32+/m1/s1. The normalized spacial score (nSPS) is 21.8. The Bertz CT molecular complexity index is 1820. The SMILES string of the molecule is CNc1ncnc2c1ccn2[C@@H]1C[C@H](CN(CCCN(CCc2ccc3ccccc3c2)C(=O)OC(C)(C)C)CC(F)(F)F)[C@H]2OC(C)(C)O[C@H]21. The van der Waals surface area contributed by atoms with Crippen LogP contribution in [0.4, 0.5) is 23.8 Å². The lowest BCUT2D eigenvalue weighted by atomic mass is 10.0. The number of nitrogens with one attached hydrogen (secondary N) is 1. The van der Waals surface area contributed by atoms with Gasteiger partial charge in [-0.2, -0.15) is 13.2 Å². The van der Waals surface area contributed by atoms with Crippen LogP contribution in [0.15, 0.2) is 61.1 Å². The second-order valence-corrected chi connectivity index (χ2v) is 15.2. The van der Waals surface area contributed by atoms with Gasteiger partial charge in [0.15, 0.2) is 5.79 Å². The van der Waals surface area contributed by atoms with Crippen LogP contribution in [-0.4, -0.2) is 100.0 Å². The first kappa shape index (κ1) is 36.8. The number of anilines is 1. The zero-order chi connectivity index (χ0) is 36.6. The lowest BCUT2D eigenvalue weighted by Crippen LogP contribution is -2.43. The maximum absolute atomic E-state index is 14.0. The number of aromatic nitrogens is 3. The minimum atomic E-state index is -4.40. The van der Waals surface area contributed by atoms with E-state index in [0.29, 0.717) is 31.6 Å². The van der Waals surface area contributed by atoms with Gasteiger partial charge in [0.1, 0.15) is 29.5 Å². The van der Waals surface area contributed by atoms with Gasteiger partial charge >= 0.3 is 12.3 Å². The molecule has 1 aliphatic carbocycles. The molecule has 0 bridgehead atoms. The van der Waals surface area contributed by atoms with Crippen molar-refractivity contribution < 1.29 is 32.2 Å². The molecule has 10 nitrogen and oxygen atoms in total. The molecule has 1 N–H and O–H groups in total. The van der Waals surface area contributed by atoms with E-state index in [1.54, 1.807) is 32.7 Å². The quantitative estimate of drug-likeness (QED) is 0.162. The Labute approximate surface area is 297 Å². The van der Waals surface area contributed by atoms with Crippen LogP contribution in [0, 0.1) is 5.92 Å². The van der Waals surface area contributed by atoms with Gasteiger partial charge in [0.2, 0.25) is 0 Å². The number of ether oxygens (including phenoxy) is 3. The summed E-state index contributed by atoms with van der Waals surface area (Å²) in [5, 5.41) is 6.19. The molecule has 51 heavy (non-hydrogen) atoms. The minimum Gasteiger partial charge on any atom is -0.444 e. The van der Waals surface area contributed by atoms with Crippen molar-refractivity contribution in [2.75, 3.05) is 45.1 Å². The van der Waals surface area contributed by atoms with Crippen LogP contribution in [0.1, 0.15) is 59.1 Å². The highest BCUT2D eigenvalue weighted by molar-refractivity contribution is 5.87. The zero-order valence-corrected chi connectivity index (χ0v) is 30.2. The molecule has 1 saturated heterocycles. The fourth-order valence-electron chi connectivity index (χ4n) is 7.53. The Morgan fingerprint density at radius 3 is 2.49 bits per heavy atom. The van der Waals surface area contributed by atoms with Gasteiger partial charge in [0.25, 0.3) is 0 Å². The third-order valence-corrected chi connectivity index (χ3v) is 9.59. The van der Waals surface area contributed by atoms with Gasteiger partial charge in [-0.05, 0) is 76.3 Å². The van der Waals surface area contributed by atoms with Crippen LogP contribution in [0.2, 0.25) is 0 Å². The average Bonchev–Trinajstić information content (AvgIpc) is 3.71. The number of carbonyl (C=O) groups is 1. The first-order chi connectivity index (χ1) is 24.1. The molecule has 3 heterocycles. The van der Waals surface area contributed by atoms with Gasteiger partial charge in [-0.15, -0.1) is 0 Å². The third kappa shape index (κ3) is 8.93. The number of amides is 1. The molecule has 4 aromatic rings. The third-order valence-electron chi connectivity index (χ3n) is 9.59. The highest BCUT2D eigenvalue weighted by Gasteiger charge is 2.55. The van der Waals surface area contributed by atoms with Crippen molar-refractivity contribution in [3.8, 4) is 0 Å². The second-order valence-electron chi connectivity index (χ2n) is 15.2. The number of nitrogens with zero attached hydrogens (tertiary/aromatic N) is 5. The number of carbonyl (C=O) groups excluding carboxylic acids is 1. The lowest BCUT2D eigenvalue weighted by Gasteiger charge is -2.31. The van der Waals surface area contributed by atoms with Crippen LogP contribution in [0.25, 0.3) is 21.8 Å². The first-order valence-electron chi connectivity index (χ1n) is 17.7. The van der Waals surface area contributed by atoms with Gasteiger partial charge in [-0.3, -0.25) is 4.90 Å². The van der Waals surface area contributed by atoms with Gasteiger partial charge in [-0.1, -0.05) is 42.5 Å². The van der Waals surface area contributed by atoms with Crippen molar-refractivity contribution in [1.82, 2.24) is 24.3 Å². The molecule has 0 spiro atoms. The van der Waals surface area contributed by atoms with Crippen LogP contribution >= 0.6 is 0 Å². The summed E-state index contributed by atoms with van der Waals surface area (Å²) in [5.41, 5.74) is 1.08. The number of rotatable bonds is 12. The van der Waals surface area contributed by atoms with Gasteiger partial charge in [-0.25, -0.2) is 14.8 Å². The number of hydrogen-bond acceptors (Lipinski definition) is 8. The molecule has 2 aromatic carbocycles. The van der Waals surface area contributed by atoms with Crippen molar-refractivity contribution >= 4 is 33.7 Å². The van der Waals surface area contributed by atoms with Crippen molar-refractivity contribution in [3.63, 3.8) is 0 Å². The van der Waals surface area contributed by atoms with Crippen molar-refractivity contribution in [2.45, 2.75) is 89.7 Å². The van der Waals surface area contributed by atoms with E-state index in [9.17, 15) is 18.0 Å². The lowest BCUT2D eigenvalue weighted by molar-refractivity contribution is -0.165. The highest BCUT2D eigenvalue weighted by atomic mass is 19.4.